The Morgan fingerprint density at radius 3 is 2.95 bits per heavy atom. The van der Waals surface area contributed by atoms with Crippen molar-refractivity contribution in [2.24, 2.45) is 0 Å². The zero-order valence-corrected chi connectivity index (χ0v) is 12.2. The molecule has 0 amide bonds. The Bertz CT molecular complexity index is 597. The second-order valence-corrected chi connectivity index (χ2v) is 5.85. The van der Waals surface area contributed by atoms with E-state index in [1.165, 1.54) is 11.1 Å². The van der Waals surface area contributed by atoms with Crippen LogP contribution in [0.1, 0.15) is 29.2 Å². The van der Waals surface area contributed by atoms with Gasteiger partial charge in [-0.1, -0.05) is 34.1 Å². The first-order valence-corrected chi connectivity index (χ1v) is 7.30. The van der Waals surface area contributed by atoms with Crippen molar-refractivity contribution in [3.63, 3.8) is 0 Å². The Kier molecular flexibility index (Phi) is 3.58. The lowest BCUT2D eigenvalue weighted by molar-refractivity contribution is 0.282. The third-order valence-electron chi connectivity index (χ3n) is 3.63. The molecular weight excluding hydrogens is 302 g/mol. The van der Waals surface area contributed by atoms with E-state index in [2.05, 4.69) is 45.5 Å². The molecule has 19 heavy (non-hydrogen) atoms. The Morgan fingerprint density at radius 2 is 2.11 bits per heavy atom. The highest BCUT2D eigenvalue weighted by Crippen LogP contribution is 2.35. The van der Waals surface area contributed by atoms with E-state index >= 15 is 0 Å². The molecule has 0 saturated heterocycles. The Balaban J connectivity index is 1.82. The van der Waals surface area contributed by atoms with Crippen molar-refractivity contribution < 1.29 is 5.11 Å². The minimum Gasteiger partial charge on any atom is -0.392 e. The molecule has 1 atom stereocenters. The SMILES string of the molecule is OCc1cccc(NC2CCc3cc(Br)ccc32)c1. The van der Waals surface area contributed by atoms with Crippen LogP contribution >= 0.6 is 15.9 Å². The van der Waals surface area contributed by atoms with Gasteiger partial charge in [0.15, 0.2) is 0 Å². The second kappa shape index (κ2) is 5.35. The molecule has 1 aliphatic rings. The molecule has 0 aromatic heterocycles. The van der Waals surface area contributed by atoms with Crippen LogP contribution in [0.2, 0.25) is 0 Å². The van der Waals surface area contributed by atoms with Crippen LogP contribution in [0, 0.1) is 0 Å². The highest BCUT2D eigenvalue weighted by Gasteiger charge is 2.22. The fourth-order valence-electron chi connectivity index (χ4n) is 2.70. The molecule has 3 heteroatoms. The van der Waals surface area contributed by atoms with Crippen molar-refractivity contribution in [2.75, 3.05) is 5.32 Å². The van der Waals surface area contributed by atoms with Crippen LogP contribution in [-0.2, 0) is 13.0 Å². The van der Waals surface area contributed by atoms with Gasteiger partial charge in [-0.15, -0.1) is 0 Å². The zero-order chi connectivity index (χ0) is 13.2. The monoisotopic (exact) mass is 317 g/mol. The van der Waals surface area contributed by atoms with Gasteiger partial charge in [0.2, 0.25) is 0 Å². The minimum absolute atomic E-state index is 0.0870. The largest absolute Gasteiger partial charge is 0.392 e. The highest BCUT2D eigenvalue weighted by atomic mass is 79.9. The van der Waals surface area contributed by atoms with Gasteiger partial charge in [-0.25, -0.2) is 0 Å². The molecule has 0 radical (unpaired) electrons. The van der Waals surface area contributed by atoms with Crippen molar-refractivity contribution in [1.29, 1.82) is 0 Å². The molecule has 0 spiro atoms. The van der Waals surface area contributed by atoms with E-state index < -0.39 is 0 Å². The van der Waals surface area contributed by atoms with Crippen LogP contribution in [0.3, 0.4) is 0 Å². The summed E-state index contributed by atoms with van der Waals surface area (Å²) in [6, 6.07) is 14.9. The average molecular weight is 318 g/mol. The molecule has 2 nitrogen and oxygen atoms in total. The maximum atomic E-state index is 9.18. The number of halogens is 1. The normalized spacial score (nSPS) is 17.3. The average Bonchev–Trinajstić information content (AvgIpc) is 2.81. The number of fused-ring (bicyclic) bond motifs is 1. The topological polar surface area (TPSA) is 32.3 Å². The number of nitrogens with one attached hydrogen (secondary N) is 1. The third kappa shape index (κ3) is 2.67. The molecule has 0 fully saturated rings. The van der Waals surface area contributed by atoms with Gasteiger partial charge in [-0.3, -0.25) is 0 Å². The van der Waals surface area contributed by atoms with E-state index in [1.807, 2.05) is 18.2 Å². The number of hydrogen-bond acceptors (Lipinski definition) is 2. The van der Waals surface area contributed by atoms with Crippen molar-refractivity contribution >= 4 is 21.6 Å². The van der Waals surface area contributed by atoms with Crippen LogP contribution in [-0.4, -0.2) is 5.11 Å². The van der Waals surface area contributed by atoms with Crippen molar-refractivity contribution in [2.45, 2.75) is 25.5 Å². The molecule has 0 aliphatic heterocycles. The quantitative estimate of drug-likeness (QED) is 0.895. The van der Waals surface area contributed by atoms with E-state index in [4.69, 9.17) is 0 Å². The molecule has 0 saturated carbocycles. The lowest BCUT2D eigenvalue weighted by Crippen LogP contribution is -2.07. The number of aryl methyl sites for hydroxylation is 1. The summed E-state index contributed by atoms with van der Waals surface area (Å²) in [6.07, 6.45) is 2.24. The van der Waals surface area contributed by atoms with Crippen molar-refractivity contribution in [1.82, 2.24) is 0 Å². The van der Waals surface area contributed by atoms with E-state index in [-0.39, 0.29) is 6.61 Å². The van der Waals surface area contributed by atoms with E-state index in [0.717, 1.165) is 28.6 Å². The highest BCUT2D eigenvalue weighted by molar-refractivity contribution is 9.10. The van der Waals surface area contributed by atoms with Crippen LogP contribution in [0.25, 0.3) is 0 Å². The lowest BCUT2D eigenvalue weighted by Gasteiger charge is -2.16. The van der Waals surface area contributed by atoms with E-state index in [0.29, 0.717) is 6.04 Å². The smallest absolute Gasteiger partial charge is 0.0682 e. The predicted molar refractivity (Wildman–Crippen MR) is 81.2 cm³/mol. The van der Waals surface area contributed by atoms with Gasteiger partial charge in [0, 0.05) is 10.2 Å². The summed E-state index contributed by atoms with van der Waals surface area (Å²) in [4.78, 5) is 0. The molecule has 1 unspecified atom stereocenters. The number of anilines is 1. The molecule has 98 valence electrons. The molecule has 1 aliphatic carbocycles. The molecule has 2 aromatic carbocycles. The number of aliphatic hydroxyl groups is 1. The maximum Gasteiger partial charge on any atom is 0.0682 e. The number of hydrogen-bond donors (Lipinski definition) is 2. The first-order chi connectivity index (χ1) is 9.26. The summed E-state index contributed by atoms with van der Waals surface area (Å²) in [5.74, 6) is 0. The van der Waals surface area contributed by atoms with Gasteiger partial charge in [-0.05, 0) is 53.8 Å². The van der Waals surface area contributed by atoms with Crippen molar-refractivity contribution in [3.05, 3.63) is 63.6 Å². The van der Waals surface area contributed by atoms with Gasteiger partial charge < -0.3 is 10.4 Å². The molecule has 0 heterocycles. The lowest BCUT2D eigenvalue weighted by atomic mass is 10.1. The predicted octanol–water partition coefficient (Wildman–Crippen LogP) is 4.04. The summed E-state index contributed by atoms with van der Waals surface area (Å²) in [7, 11) is 0. The van der Waals surface area contributed by atoms with Crippen LogP contribution < -0.4 is 5.32 Å². The summed E-state index contributed by atoms with van der Waals surface area (Å²) < 4.78 is 1.15. The molecular formula is C16H16BrNO. The Morgan fingerprint density at radius 1 is 1.21 bits per heavy atom. The fraction of sp³-hybridized carbons (Fsp3) is 0.250. The standard InChI is InChI=1S/C16H16BrNO/c17-13-5-6-15-12(9-13)4-7-16(15)18-14-3-1-2-11(8-14)10-19/h1-3,5-6,8-9,16,18-19H,4,7,10H2. The summed E-state index contributed by atoms with van der Waals surface area (Å²) in [6.45, 7) is 0.0870. The van der Waals surface area contributed by atoms with Gasteiger partial charge in [-0.2, -0.15) is 0 Å². The number of aliphatic hydroxyl groups excluding tert-OH is 1. The number of benzene rings is 2. The Hall–Kier alpha value is -1.32. The molecule has 2 aromatic rings. The maximum absolute atomic E-state index is 9.18. The van der Waals surface area contributed by atoms with E-state index in [1.54, 1.807) is 0 Å². The fourth-order valence-corrected chi connectivity index (χ4v) is 3.11. The van der Waals surface area contributed by atoms with E-state index in [9.17, 15) is 5.11 Å². The van der Waals surface area contributed by atoms with Gasteiger partial charge in [0.1, 0.15) is 0 Å². The summed E-state index contributed by atoms with van der Waals surface area (Å²) >= 11 is 3.52. The molecule has 0 bridgehead atoms. The number of rotatable bonds is 3. The first kappa shape index (κ1) is 12.7. The third-order valence-corrected chi connectivity index (χ3v) is 4.13. The van der Waals surface area contributed by atoms with Gasteiger partial charge >= 0.3 is 0 Å². The summed E-state index contributed by atoms with van der Waals surface area (Å²) in [5, 5.41) is 12.7. The van der Waals surface area contributed by atoms with Gasteiger partial charge in [0.25, 0.3) is 0 Å². The minimum atomic E-state index is 0.0870. The van der Waals surface area contributed by atoms with Crippen LogP contribution in [0.5, 0.6) is 0 Å². The second-order valence-electron chi connectivity index (χ2n) is 4.94. The summed E-state index contributed by atoms with van der Waals surface area (Å²) in [5.41, 5.74) is 4.83. The van der Waals surface area contributed by atoms with Crippen molar-refractivity contribution in [3.8, 4) is 0 Å². The molecule has 2 N–H and O–H groups in total. The zero-order valence-electron chi connectivity index (χ0n) is 10.6. The first-order valence-electron chi connectivity index (χ1n) is 6.51. The van der Waals surface area contributed by atoms with Crippen LogP contribution in [0.15, 0.2) is 46.9 Å². The Labute approximate surface area is 121 Å². The molecule has 3 rings (SSSR count). The van der Waals surface area contributed by atoms with Crippen LogP contribution in [0.4, 0.5) is 5.69 Å². The van der Waals surface area contributed by atoms with Gasteiger partial charge in [0.05, 0.1) is 12.6 Å².